The molecular formula is C37H34Cl2SiZr-2. The summed E-state index contributed by atoms with van der Waals surface area (Å²) in [5, 5.41) is 12.5. The third-order valence-electron chi connectivity index (χ3n) is 7.37. The Balaban J connectivity index is 0.000000171. The standard InChI is InChI=1S/2C15H13.C7H8Si.2ClH.Zr/c2*1-2-11-9-13-8-7-12-5-3-4-6-14(12)15(13)10-11;1-8-7-5-3-2-4-6-7;;;/h2*3-10H,2H2,1H3;2-6H,1H3;2*1H;/q2*-1;;;;+2/p-2. The van der Waals surface area contributed by atoms with Gasteiger partial charge in [-0.3, -0.25) is 0 Å². The van der Waals surface area contributed by atoms with Crippen LogP contribution in [0.2, 0.25) is 6.55 Å². The number of hydrogen-bond donors (Lipinski definition) is 0. The first-order chi connectivity index (χ1) is 19.1. The molecular weight excluding hydrogens is 635 g/mol. The Hall–Kier alpha value is -2.48. The maximum absolute atomic E-state index is 2.35. The molecule has 0 radical (unpaired) electrons. The molecule has 0 bridgehead atoms. The van der Waals surface area contributed by atoms with E-state index in [1.54, 1.807) is 28.5 Å². The van der Waals surface area contributed by atoms with Gasteiger partial charge in [0.25, 0.3) is 0 Å². The van der Waals surface area contributed by atoms with Gasteiger partial charge < -0.3 is 24.8 Å². The molecule has 0 aliphatic carbocycles. The number of fused-ring (bicyclic) bond motifs is 6. The molecule has 0 N–H and O–H groups in total. The average molecular weight is 669 g/mol. The van der Waals surface area contributed by atoms with Crippen LogP contribution in [0.5, 0.6) is 0 Å². The number of rotatable bonds is 3. The van der Waals surface area contributed by atoms with Crippen molar-refractivity contribution in [2.75, 3.05) is 0 Å². The maximum atomic E-state index is 2.35. The minimum Gasteiger partial charge on any atom is -1.00 e. The molecule has 0 aromatic heterocycles. The van der Waals surface area contributed by atoms with Crippen molar-refractivity contribution in [3.63, 3.8) is 0 Å². The summed E-state index contributed by atoms with van der Waals surface area (Å²) in [6.45, 7) is 6.76. The normalized spacial score (nSPS) is 10.3. The summed E-state index contributed by atoms with van der Waals surface area (Å²) in [7, 11) is 0. The van der Waals surface area contributed by atoms with Crippen LogP contribution in [0.25, 0.3) is 43.1 Å². The second-order valence-electron chi connectivity index (χ2n) is 10.0. The molecule has 0 fully saturated rings. The summed E-state index contributed by atoms with van der Waals surface area (Å²) in [6.07, 6.45) is 2.23. The van der Waals surface area contributed by atoms with Gasteiger partial charge >= 0.3 is 70.8 Å². The minimum atomic E-state index is -0.122. The molecule has 206 valence electrons. The van der Waals surface area contributed by atoms with Crippen LogP contribution in [0.3, 0.4) is 0 Å². The zero-order chi connectivity index (χ0) is 27.2. The van der Waals surface area contributed by atoms with E-state index in [-0.39, 0.29) is 30.2 Å². The second-order valence-corrected chi connectivity index (χ2v) is 17.4. The Kier molecular flexibility index (Phi) is 12.6. The smallest absolute Gasteiger partial charge is 1.00 e. The molecule has 0 atom stereocenters. The summed E-state index contributed by atoms with van der Waals surface area (Å²) in [4.78, 5) is 0. The summed E-state index contributed by atoms with van der Waals surface area (Å²) in [6, 6.07) is 46.0. The van der Waals surface area contributed by atoms with Crippen molar-refractivity contribution in [3.05, 3.63) is 139 Å². The van der Waals surface area contributed by atoms with Gasteiger partial charge in [0, 0.05) is 0 Å². The molecule has 0 saturated heterocycles. The van der Waals surface area contributed by atoms with Crippen LogP contribution in [-0.2, 0) is 36.2 Å². The van der Waals surface area contributed by atoms with Crippen LogP contribution in [0, 0.1) is 0 Å². The van der Waals surface area contributed by atoms with E-state index in [9.17, 15) is 0 Å². The fourth-order valence-electron chi connectivity index (χ4n) is 5.15. The van der Waals surface area contributed by atoms with E-state index in [4.69, 9.17) is 0 Å². The van der Waals surface area contributed by atoms with Gasteiger partial charge in [0.15, 0.2) is 0 Å². The van der Waals surface area contributed by atoms with Crippen LogP contribution in [0.15, 0.2) is 127 Å². The Bertz CT molecular complexity index is 1750. The number of aryl methyl sites for hydroxylation is 2. The van der Waals surface area contributed by atoms with Gasteiger partial charge in [-0.05, 0) is 12.8 Å². The molecule has 0 aliphatic rings. The van der Waals surface area contributed by atoms with Crippen molar-refractivity contribution in [1.29, 1.82) is 0 Å². The third-order valence-corrected chi connectivity index (χ3v) is 10.7. The van der Waals surface area contributed by atoms with Gasteiger partial charge in [-0.2, -0.15) is 12.1 Å². The SMILES string of the molecule is CCc1cc2ccc3ccccc3c2[cH-]1.CCc1cc2ccc3ccccc3c2[cH-]1.C[Si](=[Zr+2])c1ccccc1.[Cl-].[Cl-]. The monoisotopic (exact) mass is 666 g/mol. The fraction of sp³-hybridized carbons (Fsp3) is 0.135. The van der Waals surface area contributed by atoms with E-state index in [0.717, 1.165) is 12.8 Å². The molecule has 0 spiro atoms. The van der Waals surface area contributed by atoms with Crippen LogP contribution >= 0.6 is 0 Å². The van der Waals surface area contributed by atoms with Crippen molar-refractivity contribution < 1.29 is 48.1 Å². The molecule has 0 nitrogen and oxygen atoms in total. The summed E-state index contributed by atoms with van der Waals surface area (Å²) in [5.41, 5.74) is 2.74. The van der Waals surface area contributed by atoms with Crippen LogP contribution in [-0.4, -0.2) is 5.43 Å². The molecule has 0 heterocycles. The Labute approximate surface area is 271 Å². The number of hydrogen-bond acceptors (Lipinski definition) is 0. The van der Waals surface area contributed by atoms with E-state index in [1.165, 1.54) is 54.2 Å². The van der Waals surface area contributed by atoms with Gasteiger partial charge in [-0.1, -0.05) is 96.1 Å². The van der Waals surface area contributed by atoms with Crippen molar-refractivity contribution >= 4 is 53.7 Å². The van der Waals surface area contributed by atoms with Gasteiger partial charge in [0.05, 0.1) is 0 Å². The van der Waals surface area contributed by atoms with Crippen molar-refractivity contribution in [3.8, 4) is 0 Å². The van der Waals surface area contributed by atoms with Crippen LogP contribution in [0.4, 0.5) is 0 Å². The molecule has 4 heteroatoms. The van der Waals surface area contributed by atoms with E-state index in [0.29, 0.717) is 0 Å². The molecule has 0 saturated carbocycles. The van der Waals surface area contributed by atoms with Gasteiger partial charge in [0.1, 0.15) is 0 Å². The predicted octanol–water partition coefficient (Wildman–Crippen LogP) is 3.62. The summed E-state index contributed by atoms with van der Waals surface area (Å²) in [5.74, 6) is 0. The quantitative estimate of drug-likeness (QED) is 0.200. The van der Waals surface area contributed by atoms with Gasteiger partial charge in [-0.25, -0.2) is 0 Å². The zero-order valence-corrected chi connectivity index (χ0v) is 28.8. The second kappa shape index (κ2) is 15.7. The Morgan fingerprint density at radius 1 is 0.537 bits per heavy atom. The van der Waals surface area contributed by atoms with Crippen LogP contribution < -0.4 is 30.0 Å². The number of benzene rings is 5. The van der Waals surface area contributed by atoms with Gasteiger partial charge in [0.2, 0.25) is 0 Å². The fourth-order valence-corrected chi connectivity index (χ4v) is 7.07. The van der Waals surface area contributed by atoms with E-state index in [1.807, 2.05) is 0 Å². The minimum absolute atomic E-state index is 0. The number of halogens is 2. The van der Waals surface area contributed by atoms with Crippen molar-refractivity contribution in [1.82, 2.24) is 0 Å². The van der Waals surface area contributed by atoms with Crippen LogP contribution in [0.1, 0.15) is 25.0 Å². The molecule has 7 aromatic rings. The van der Waals surface area contributed by atoms with E-state index in [2.05, 4.69) is 148 Å². The first-order valence-corrected chi connectivity index (χ1v) is 19.5. The summed E-state index contributed by atoms with van der Waals surface area (Å²) >= 11 is 1.69. The summed E-state index contributed by atoms with van der Waals surface area (Å²) < 4.78 is 0. The molecule has 0 aliphatic heterocycles. The largest absolute Gasteiger partial charge is 1.00 e. The molecule has 7 aromatic carbocycles. The average Bonchev–Trinajstić information content (AvgIpc) is 3.63. The molecule has 0 amide bonds. The predicted molar refractivity (Wildman–Crippen MR) is 171 cm³/mol. The third kappa shape index (κ3) is 7.88. The maximum Gasteiger partial charge on any atom is -1.00 e. The first-order valence-electron chi connectivity index (χ1n) is 13.8. The van der Waals surface area contributed by atoms with Crippen molar-refractivity contribution in [2.24, 2.45) is 0 Å². The topological polar surface area (TPSA) is 0 Å². The van der Waals surface area contributed by atoms with E-state index >= 15 is 0 Å². The molecule has 0 unspecified atom stereocenters. The molecule has 7 rings (SSSR count). The molecule has 41 heavy (non-hydrogen) atoms. The first kappa shape index (κ1) is 33.0. The Morgan fingerprint density at radius 3 is 1.32 bits per heavy atom. The van der Waals surface area contributed by atoms with Crippen molar-refractivity contribution in [2.45, 2.75) is 33.2 Å². The van der Waals surface area contributed by atoms with Gasteiger partial charge in [-0.15, -0.1) is 56.9 Å². The van der Waals surface area contributed by atoms with E-state index < -0.39 is 0 Å². The Morgan fingerprint density at radius 2 is 0.927 bits per heavy atom. The zero-order valence-electron chi connectivity index (χ0n) is 23.8.